The number of benzene rings is 1. The van der Waals surface area contributed by atoms with E-state index in [0.29, 0.717) is 22.5 Å². The standard InChI is InChI=1S/C22H23N5O2S2/c1-12-5-7-16(29-3)15(8-12)24-18(28)10-30-22-26-25-20-19-14-6-4-13(2)9-17(14)31-21(19)23-11-27(20)22/h5,7-8,11,13H,4,6,9-10H2,1-3H3,(H,24,28)/t13-/m0/s1. The molecule has 0 radical (unpaired) electrons. The largest absolute Gasteiger partial charge is 0.495 e. The Balaban J connectivity index is 1.37. The molecule has 9 heteroatoms. The van der Waals surface area contributed by atoms with Crippen LogP contribution in [0.1, 0.15) is 29.3 Å². The van der Waals surface area contributed by atoms with Crippen LogP contribution in [-0.4, -0.2) is 38.4 Å². The molecule has 0 fully saturated rings. The van der Waals surface area contributed by atoms with Gasteiger partial charge in [0.05, 0.1) is 23.9 Å². The molecule has 0 aliphatic heterocycles. The molecule has 31 heavy (non-hydrogen) atoms. The van der Waals surface area contributed by atoms with Crippen molar-refractivity contribution in [1.82, 2.24) is 19.6 Å². The number of thioether (sulfide) groups is 1. The first kappa shape index (κ1) is 20.3. The Labute approximate surface area is 188 Å². The monoisotopic (exact) mass is 453 g/mol. The van der Waals surface area contributed by atoms with Crippen molar-refractivity contribution in [3.8, 4) is 5.75 Å². The van der Waals surface area contributed by atoms with Gasteiger partial charge in [0.15, 0.2) is 10.8 Å². The van der Waals surface area contributed by atoms with Crippen LogP contribution in [0.5, 0.6) is 5.75 Å². The fourth-order valence-corrected chi connectivity index (χ4v) is 6.10. The third-order valence-corrected chi connectivity index (χ3v) is 7.74. The maximum absolute atomic E-state index is 12.6. The lowest BCUT2D eigenvalue weighted by Crippen LogP contribution is -2.15. The molecule has 0 saturated carbocycles. The molecule has 3 heterocycles. The minimum Gasteiger partial charge on any atom is -0.495 e. The lowest BCUT2D eigenvalue weighted by atomic mass is 9.89. The number of carbonyl (C=O) groups is 1. The van der Waals surface area contributed by atoms with Gasteiger partial charge in [-0.1, -0.05) is 24.8 Å². The summed E-state index contributed by atoms with van der Waals surface area (Å²) in [4.78, 5) is 19.7. The first-order chi connectivity index (χ1) is 15.0. The summed E-state index contributed by atoms with van der Waals surface area (Å²) >= 11 is 3.13. The fraction of sp³-hybridized carbons (Fsp3) is 0.364. The van der Waals surface area contributed by atoms with Crippen LogP contribution in [0.25, 0.3) is 15.9 Å². The summed E-state index contributed by atoms with van der Waals surface area (Å²) in [7, 11) is 1.59. The third kappa shape index (κ3) is 3.76. The van der Waals surface area contributed by atoms with Crippen LogP contribution in [0.3, 0.4) is 0 Å². The fourth-order valence-electron chi connectivity index (χ4n) is 4.05. The maximum Gasteiger partial charge on any atom is 0.234 e. The van der Waals surface area contributed by atoms with E-state index in [4.69, 9.17) is 4.74 Å². The summed E-state index contributed by atoms with van der Waals surface area (Å²) in [5, 5.41) is 13.5. The number of aryl methyl sites for hydroxylation is 2. The summed E-state index contributed by atoms with van der Waals surface area (Å²) in [6.07, 6.45) is 5.14. The van der Waals surface area contributed by atoms with Crippen LogP contribution in [0, 0.1) is 12.8 Å². The summed E-state index contributed by atoms with van der Waals surface area (Å²) in [6, 6.07) is 5.70. The Hall–Kier alpha value is -2.65. The van der Waals surface area contributed by atoms with Gasteiger partial charge in [0.2, 0.25) is 5.91 Å². The van der Waals surface area contributed by atoms with Crippen LogP contribution >= 0.6 is 23.1 Å². The van der Waals surface area contributed by atoms with Crippen molar-refractivity contribution < 1.29 is 9.53 Å². The van der Waals surface area contributed by atoms with Gasteiger partial charge in [-0.2, -0.15) is 0 Å². The number of aromatic nitrogens is 4. The number of nitrogens with zero attached hydrogens (tertiary/aromatic N) is 4. The van der Waals surface area contributed by atoms with Gasteiger partial charge in [-0.25, -0.2) is 4.98 Å². The van der Waals surface area contributed by atoms with Crippen LogP contribution in [-0.2, 0) is 17.6 Å². The number of rotatable bonds is 5. The number of fused-ring (bicyclic) bond motifs is 5. The Morgan fingerprint density at radius 2 is 2.26 bits per heavy atom. The highest BCUT2D eigenvalue weighted by molar-refractivity contribution is 7.99. The minimum atomic E-state index is -0.124. The van der Waals surface area contributed by atoms with E-state index in [1.165, 1.54) is 28.6 Å². The molecule has 0 unspecified atom stereocenters. The second kappa shape index (κ2) is 8.12. The predicted molar refractivity (Wildman–Crippen MR) is 124 cm³/mol. The van der Waals surface area contributed by atoms with Gasteiger partial charge in [0.25, 0.3) is 0 Å². The van der Waals surface area contributed by atoms with Gasteiger partial charge in [0.1, 0.15) is 16.9 Å². The highest BCUT2D eigenvalue weighted by Gasteiger charge is 2.24. The number of methoxy groups -OCH3 is 1. The highest BCUT2D eigenvalue weighted by atomic mass is 32.2. The van der Waals surface area contributed by atoms with Gasteiger partial charge in [-0.15, -0.1) is 21.5 Å². The molecule has 0 bridgehead atoms. The summed E-state index contributed by atoms with van der Waals surface area (Å²) in [5.41, 5.74) is 3.93. The van der Waals surface area contributed by atoms with Crippen molar-refractivity contribution in [3.63, 3.8) is 0 Å². The number of ether oxygens (including phenoxy) is 1. The summed E-state index contributed by atoms with van der Waals surface area (Å²) in [5.74, 6) is 1.45. The Kier molecular flexibility index (Phi) is 5.31. The second-order valence-electron chi connectivity index (χ2n) is 7.99. The second-order valence-corrected chi connectivity index (χ2v) is 10.0. The average Bonchev–Trinajstić information content (AvgIpc) is 3.32. The number of hydrogen-bond donors (Lipinski definition) is 1. The molecule has 7 nitrogen and oxygen atoms in total. The van der Waals surface area contributed by atoms with E-state index in [1.807, 2.05) is 29.5 Å². The van der Waals surface area contributed by atoms with E-state index in [9.17, 15) is 4.79 Å². The van der Waals surface area contributed by atoms with Gasteiger partial charge in [0, 0.05) is 4.88 Å². The van der Waals surface area contributed by atoms with Crippen molar-refractivity contribution in [2.24, 2.45) is 5.92 Å². The number of hydrogen-bond acceptors (Lipinski definition) is 7. The summed E-state index contributed by atoms with van der Waals surface area (Å²) in [6.45, 7) is 4.28. The van der Waals surface area contributed by atoms with Crippen molar-refractivity contribution in [1.29, 1.82) is 0 Å². The Morgan fingerprint density at radius 1 is 1.39 bits per heavy atom. The van der Waals surface area contributed by atoms with E-state index in [0.717, 1.165) is 34.3 Å². The molecule has 1 amide bonds. The highest BCUT2D eigenvalue weighted by Crippen LogP contribution is 2.39. The lowest BCUT2D eigenvalue weighted by Gasteiger charge is -2.17. The van der Waals surface area contributed by atoms with E-state index >= 15 is 0 Å². The number of amides is 1. The first-order valence-electron chi connectivity index (χ1n) is 10.2. The topological polar surface area (TPSA) is 81.4 Å². The van der Waals surface area contributed by atoms with Crippen molar-refractivity contribution in [2.75, 3.05) is 18.2 Å². The van der Waals surface area contributed by atoms with Crippen LogP contribution < -0.4 is 10.1 Å². The van der Waals surface area contributed by atoms with Crippen molar-refractivity contribution >= 4 is 50.6 Å². The van der Waals surface area contributed by atoms with E-state index in [1.54, 1.807) is 24.8 Å². The van der Waals surface area contributed by atoms with E-state index < -0.39 is 0 Å². The zero-order valence-electron chi connectivity index (χ0n) is 17.6. The molecule has 3 aromatic heterocycles. The van der Waals surface area contributed by atoms with Crippen molar-refractivity contribution in [2.45, 2.75) is 38.3 Å². The molecule has 0 spiro atoms. The number of anilines is 1. The van der Waals surface area contributed by atoms with Crippen LogP contribution in [0.2, 0.25) is 0 Å². The normalized spacial score (nSPS) is 15.9. The molecule has 1 aliphatic carbocycles. The zero-order valence-corrected chi connectivity index (χ0v) is 19.3. The molecule has 4 aromatic rings. The minimum absolute atomic E-state index is 0.124. The quantitative estimate of drug-likeness (QED) is 0.448. The zero-order chi connectivity index (χ0) is 21.5. The van der Waals surface area contributed by atoms with E-state index in [-0.39, 0.29) is 11.7 Å². The van der Waals surface area contributed by atoms with Crippen LogP contribution in [0.15, 0.2) is 29.7 Å². The molecule has 0 saturated heterocycles. The molecular formula is C22H23N5O2S2. The van der Waals surface area contributed by atoms with Gasteiger partial charge < -0.3 is 10.1 Å². The van der Waals surface area contributed by atoms with Gasteiger partial charge in [-0.05, 0) is 55.4 Å². The molecule has 1 N–H and O–H groups in total. The average molecular weight is 454 g/mol. The number of thiophene rings is 1. The van der Waals surface area contributed by atoms with Crippen LogP contribution in [0.4, 0.5) is 5.69 Å². The molecule has 1 atom stereocenters. The van der Waals surface area contributed by atoms with Gasteiger partial charge >= 0.3 is 0 Å². The first-order valence-corrected chi connectivity index (χ1v) is 12.0. The molecule has 1 aromatic carbocycles. The third-order valence-electron chi connectivity index (χ3n) is 5.63. The summed E-state index contributed by atoms with van der Waals surface area (Å²) < 4.78 is 7.24. The van der Waals surface area contributed by atoms with Crippen molar-refractivity contribution in [3.05, 3.63) is 40.5 Å². The predicted octanol–water partition coefficient (Wildman–Crippen LogP) is 4.51. The SMILES string of the molecule is COc1ccc(C)cc1NC(=O)CSc1nnc2c3c4c(sc3ncn12)C[C@@H](C)CC4. The lowest BCUT2D eigenvalue weighted by molar-refractivity contribution is -0.113. The molecular weight excluding hydrogens is 430 g/mol. The maximum atomic E-state index is 12.6. The van der Waals surface area contributed by atoms with Gasteiger partial charge in [-0.3, -0.25) is 9.20 Å². The number of nitrogens with one attached hydrogen (secondary N) is 1. The molecule has 160 valence electrons. The Morgan fingerprint density at radius 3 is 3.10 bits per heavy atom. The molecule has 5 rings (SSSR count). The number of carbonyl (C=O) groups excluding carboxylic acids is 1. The molecule has 1 aliphatic rings. The smallest absolute Gasteiger partial charge is 0.234 e. The Bertz CT molecular complexity index is 1300. The van der Waals surface area contributed by atoms with E-state index in [2.05, 4.69) is 27.4 Å².